The molecule has 7 heteroatoms. The number of carbonyl (C=O) groups is 1. The van der Waals surface area contributed by atoms with Gasteiger partial charge in [-0.05, 0) is 51.3 Å². The zero-order valence-electron chi connectivity index (χ0n) is 14.8. The highest BCUT2D eigenvalue weighted by Gasteiger charge is 2.31. The van der Waals surface area contributed by atoms with Crippen LogP contribution in [0.2, 0.25) is 0 Å². The zero-order chi connectivity index (χ0) is 18.0. The average molecular weight is 354 g/mol. The monoisotopic (exact) mass is 354 g/mol. The quantitative estimate of drug-likeness (QED) is 0.851. The molecule has 1 aromatic rings. The van der Waals surface area contributed by atoms with Gasteiger partial charge < -0.3 is 10.1 Å². The second-order valence-corrected chi connectivity index (χ2v) is 8.57. The number of hydrogen-bond donors (Lipinski definition) is 1. The number of rotatable bonds is 6. The summed E-state index contributed by atoms with van der Waals surface area (Å²) in [6, 6.07) is 4.54. The number of nitrogens with one attached hydrogen (secondary N) is 1. The topological polar surface area (TPSA) is 75.7 Å². The number of hydrogen-bond acceptors (Lipinski definition) is 4. The van der Waals surface area contributed by atoms with E-state index < -0.39 is 10.0 Å². The average Bonchev–Trinajstić information content (AvgIpc) is 3.09. The lowest BCUT2D eigenvalue weighted by Gasteiger charge is -2.25. The number of ether oxygens (including phenoxy) is 1. The molecular formula is C17H26N2O4S. The second kappa shape index (κ2) is 7.11. The molecule has 24 heavy (non-hydrogen) atoms. The maximum atomic E-state index is 12.8. The zero-order valence-corrected chi connectivity index (χ0v) is 15.6. The minimum atomic E-state index is -3.66. The Labute approximate surface area is 144 Å². The highest BCUT2D eigenvalue weighted by Crippen LogP contribution is 2.30. The van der Waals surface area contributed by atoms with Crippen molar-refractivity contribution in [2.75, 3.05) is 20.2 Å². The highest BCUT2D eigenvalue weighted by molar-refractivity contribution is 7.89. The molecule has 134 valence electrons. The Kier molecular flexibility index (Phi) is 5.55. The van der Waals surface area contributed by atoms with Crippen LogP contribution in [0.25, 0.3) is 0 Å². The van der Waals surface area contributed by atoms with Crippen LogP contribution in [0.15, 0.2) is 23.1 Å². The molecule has 1 amide bonds. The number of carbonyl (C=O) groups excluding carboxylic acids is 1. The summed E-state index contributed by atoms with van der Waals surface area (Å²) < 4.78 is 32.3. The summed E-state index contributed by atoms with van der Waals surface area (Å²) in [6.45, 7) is 6.85. The Morgan fingerprint density at radius 2 is 1.92 bits per heavy atom. The Morgan fingerprint density at radius 3 is 2.46 bits per heavy atom. The maximum Gasteiger partial charge on any atom is 0.251 e. The van der Waals surface area contributed by atoms with E-state index in [0.717, 1.165) is 19.3 Å². The molecule has 0 bridgehead atoms. The highest BCUT2D eigenvalue weighted by atomic mass is 32.2. The van der Waals surface area contributed by atoms with Crippen LogP contribution in [-0.2, 0) is 10.0 Å². The van der Waals surface area contributed by atoms with E-state index in [-0.39, 0.29) is 22.1 Å². The van der Waals surface area contributed by atoms with Gasteiger partial charge >= 0.3 is 0 Å². The van der Waals surface area contributed by atoms with Crippen molar-refractivity contribution >= 4 is 15.9 Å². The van der Waals surface area contributed by atoms with Gasteiger partial charge in [0.05, 0.1) is 7.11 Å². The van der Waals surface area contributed by atoms with E-state index >= 15 is 0 Å². The minimum Gasteiger partial charge on any atom is -0.495 e. The summed E-state index contributed by atoms with van der Waals surface area (Å²) in [5.41, 5.74) is -0.0412. The van der Waals surface area contributed by atoms with Gasteiger partial charge in [-0.25, -0.2) is 8.42 Å². The molecule has 1 aromatic carbocycles. The fourth-order valence-electron chi connectivity index (χ4n) is 2.55. The van der Waals surface area contributed by atoms with E-state index in [1.165, 1.54) is 23.5 Å². The second-order valence-electron chi connectivity index (χ2n) is 6.67. The van der Waals surface area contributed by atoms with Gasteiger partial charge in [-0.1, -0.05) is 6.92 Å². The number of methoxy groups -OCH3 is 1. The van der Waals surface area contributed by atoms with Crippen molar-refractivity contribution in [2.24, 2.45) is 0 Å². The van der Waals surface area contributed by atoms with E-state index in [9.17, 15) is 13.2 Å². The van der Waals surface area contributed by atoms with Crippen LogP contribution in [0, 0.1) is 0 Å². The maximum absolute atomic E-state index is 12.8. The molecule has 2 rings (SSSR count). The van der Waals surface area contributed by atoms with Crippen molar-refractivity contribution in [3.8, 4) is 5.75 Å². The molecule has 1 aliphatic heterocycles. The standard InChI is InChI=1S/C17H26N2O4S/c1-5-17(2,3)18-16(20)13-8-9-14(23-4)15(12-13)24(21,22)19-10-6-7-11-19/h8-9,12H,5-7,10-11H2,1-4H3,(H,18,20). The SMILES string of the molecule is CCC(C)(C)NC(=O)c1ccc(OC)c(S(=O)(=O)N2CCCC2)c1. The molecule has 1 saturated heterocycles. The third kappa shape index (κ3) is 3.89. The molecule has 0 spiro atoms. The predicted molar refractivity (Wildman–Crippen MR) is 92.8 cm³/mol. The van der Waals surface area contributed by atoms with Crippen molar-refractivity contribution in [1.29, 1.82) is 0 Å². The van der Waals surface area contributed by atoms with Gasteiger partial charge in [0, 0.05) is 24.2 Å². The summed E-state index contributed by atoms with van der Waals surface area (Å²) in [5, 5.41) is 2.92. The van der Waals surface area contributed by atoms with Crippen molar-refractivity contribution in [3.05, 3.63) is 23.8 Å². The molecule has 1 heterocycles. The lowest BCUT2D eigenvalue weighted by Crippen LogP contribution is -2.42. The largest absolute Gasteiger partial charge is 0.495 e. The van der Waals surface area contributed by atoms with Gasteiger partial charge in [0.2, 0.25) is 10.0 Å². The van der Waals surface area contributed by atoms with E-state index in [1.54, 1.807) is 6.07 Å². The van der Waals surface area contributed by atoms with Gasteiger partial charge in [0.15, 0.2) is 0 Å². The van der Waals surface area contributed by atoms with E-state index in [2.05, 4.69) is 5.32 Å². The third-order valence-electron chi connectivity index (χ3n) is 4.44. The van der Waals surface area contributed by atoms with Crippen LogP contribution in [0.5, 0.6) is 5.75 Å². The van der Waals surface area contributed by atoms with Gasteiger partial charge in [-0.3, -0.25) is 4.79 Å². The van der Waals surface area contributed by atoms with Crippen molar-refractivity contribution < 1.29 is 17.9 Å². The van der Waals surface area contributed by atoms with E-state index in [1.807, 2.05) is 20.8 Å². The van der Waals surface area contributed by atoms with E-state index in [4.69, 9.17) is 4.74 Å². The number of benzene rings is 1. The lowest BCUT2D eigenvalue weighted by molar-refractivity contribution is 0.0911. The van der Waals surface area contributed by atoms with Crippen LogP contribution < -0.4 is 10.1 Å². The van der Waals surface area contributed by atoms with E-state index in [0.29, 0.717) is 18.7 Å². The first-order chi connectivity index (χ1) is 11.2. The fraction of sp³-hybridized carbons (Fsp3) is 0.588. The molecule has 0 aromatic heterocycles. The van der Waals surface area contributed by atoms with Crippen LogP contribution >= 0.6 is 0 Å². The molecule has 1 aliphatic rings. The minimum absolute atomic E-state index is 0.0499. The Bertz CT molecular complexity index is 707. The van der Waals surface area contributed by atoms with Crippen LogP contribution in [0.1, 0.15) is 50.4 Å². The molecule has 0 saturated carbocycles. The summed E-state index contributed by atoms with van der Waals surface area (Å²) in [7, 11) is -2.23. The molecule has 0 radical (unpaired) electrons. The lowest BCUT2D eigenvalue weighted by atomic mass is 10.0. The summed E-state index contributed by atoms with van der Waals surface area (Å²) in [4.78, 5) is 12.5. The Balaban J connectivity index is 2.39. The van der Waals surface area contributed by atoms with Gasteiger partial charge in [-0.15, -0.1) is 0 Å². The van der Waals surface area contributed by atoms with Crippen molar-refractivity contribution in [2.45, 2.75) is 50.5 Å². The molecule has 6 nitrogen and oxygen atoms in total. The number of sulfonamides is 1. The summed E-state index contributed by atoms with van der Waals surface area (Å²) >= 11 is 0. The van der Waals surface area contributed by atoms with Crippen LogP contribution in [0.4, 0.5) is 0 Å². The van der Waals surface area contributed by atoms with Crippen molar-refractivity contribution in [3.63, 3.8) is 0 Å². The summed E-state index contributed by atoms with van der Waals surface area (Å²) in [5.74, 6) is -0.0319. The van der Waals surface area contributed by atoms with Gasteiger partial charge in [0.1, 0.15) is 10.6 Å². The third-order valence-corrected chi connectivity index (χ3v) is 6.36. The first-order valence-electron chi connectivity index (χ1n) is 8.22. The Morgan fingerprint density at radius 1 is 1.29 bits per heavy atom. The van der Waals surface area contributed by atoms with Gasteiger partial charge in [-0.2, -0.15) is 4.31 Å². The predicted octanol–water partition coefficient (Wildman–Crippen LogP) is 2.40. The fourth-order valence-corrected chi connectivity index (χ4v) is 4.25. The molecule has 1 fully saturated rings. The summed E-state index contributed by atoms with van der Waals surface area (Å²) in [6.07, 6.45) is 2.48. The molecule has 1 N–H and O–H groups in total. The number of nitrogens with zero attached hydrogens (tertiary/aromatic N) is 1. The smallest absolute Gasteiger partial charge is 0.251 e. The first kappa shape index (κ1) is 18.7. The van der Waals surface area contributed by atoms with Crippen LogP contribution in [-0.4, -0.2) is 44.4 Å². The van der Waals surface area contributed by atoms with Crippen molar-refractivity contribution in [1.82, 2.24) is 9.62 Å². The normalized spacial score (nSPS) is 16.2. The Hall–Kier alpha value is -1.60. The molecular weight excluding hydrogens is 328 g/mol. The molecule has 0 aliphatic carbocycles. The number of amides is 1. The van der Waals surface area contributed by atoms with Crippen LogP contribution in [0.3, 0.4) is 0 Å². The first-order valence-corrected chi connectivity index (χ1v) is 9.66. The van der Waals surface area contributed by atoms with Gasteiger partial charge in [0.25, 0.3) is 5.91 Å². The molecule has 0 unspecified atom stereocenters. The molecule has 0 atom stereocenters.